The van der Waals surface area contributed by atoms with E-state index in [9.17, 15) is 18.0 Å². The van der Waals surface area contributed by atoms with Gasteiger partial charge in [0.25, 0.3) is 0 Å². The Morgan fingerprint density at radius 2 is 1.90 bits per heavy atom. The Labute approximate surface area is 168 Å². The van der Waals surface area contributed by atoms with Crippen LogP contribution in [-0.4, -0.2) is 35.5 Å². The Morgan fingerprint density at radius 3 is 2.55 bits per heavy atom. The van der Waals surface area contributed by atoms with Gasteiger partial charge < -0.3 is 4.74 Å². The van der Waals surface area contributed by atoms with Crippen LogP contribution in [-0.2, 0) is 11.2 Å². The first kappa shape index (κ1) is 20.9. The zero-order valence-electron chi connectivity index (χ0n) is 16.4. The van der Waals surface area contributed by atoms with Crippen molar-refractivity contribution in [1.82, 2.24) is 5.01 Å². The number of alkyl halides is 3. The lowest BCUT2D eigenvalue weighted by atomic mass is 9.91. The number of benzene rings is 2. The molecule has 3 rings (SSSR count). The first-order valence-electron chi connectivity index (χ1n) is 9.40. The van der Waals surface area contributed by atoms with Crippen molar-refractivity contribution in [3.8, 4) is 5.75 Å². The van der Waals surface area contributed by atoms with Crippen LogP contribution in [0.5, 0.6) is 5.75 Å². The van der Waals surface area contributed by atoms with Crippen molar-refractivity contribution in [2.45, 2.75) is 44.3 Å². The highest BCUT2D eigenvalue weighted by Gasteiger charge is 2.60. The van der Waals surface area contributed by atoms with Gasteiger partial charge in [0.15, 0.2) is 5.54 Å². The highest BCUT2D eigenvalue weighted by atomic mass is 19.4. The molecule has 0 radical (unpaired) electrons. The molecule has 1 aliphatic rings. The minimum Gasteiger partial charge on any atom is -0.497 e. The van der Waals surface area contributed by atoms with E-state index in [-0.39, 0.29) is 12.1 Å². The lowest BCUT2D eigenvalue weighted by Crippen LogP contribution is -2.54. The number of aryl methyl sites for hydroxylation is 1. The molecule has 0 aromatic heterocycles. The largest absolute Gasteiger partial charge is 0.497 e. The number of halogens is 3. The summed E-state index contributed by atoms with van der Waals surface area (Å²) in [7, 11) is 1.48. The number of amides is 1. The van der Waals surface area contributed by atoms with Crippen molar-refractivity contribution >= 4 is 11.6 Å². The zero-order valence-corrected chi connectivity index (χ0v) is 16.4. The highest BCUT2D eigenvalue weighted by Crippen LogP contribution is 2.43. The third kappa shape index (κ3) is 4.44. The van der Waals surface area contributed by atoms with Crippen LogP contribution in [0, 0.1) is 0 Å². The average molecular weight is 404 g/mol. The van der Waals surface area contributed by atoms with E-state index in [0.29, 0.717) is 29.2 Å². The summed E-state index contributed by atoms with van der Waals surface area (Å²) in [5.41, 5.74) is -0.588. The molecule has 0 aliphatic carbocycles. The van der Waals surface area contributed by atoms with E-state index in [0.717, 1.165) is 12.5 Å². The number of hydrogen-bond donors (Lipinski definition) is 0. The van der Waals surface area contributed by atoms with Crippen LogP contribution in [0.15, 0.2) is 59.7 Å². The van der Waals surface area contributed by atoms with Gasteiger partial charge in [0.2, 0.25) is 5.91 Å². The molecular formula is C22H23F3N2O2. The van der Waals surface area contributed by atoms with Gasteiger partial charge in [0.1, 0.15) is 5.75 Å². The normalized spacial score (nSPS) is 19.2. The molecule has 154 valence electrons. The smallest absolute Gasteiger partial charge is 0.413 e. The van der Waals surface area contributed by atoms with Gasteiger partial charge in [-0.2, -0.15) is 18.3 Å². The molecule has 2 aromatic carbocycles. The van der Waals surface area contributed by atoms with E-state index in [1.165, 1.54) is 7.11 Å². The first-order chi connectivity index (χ1) is 13.7. The van der Waals surface area contributed by atoms with E-state index in [2.05, 4.69) is 5.10 Å². The standard InChI is InChI=1S/C22H23F3N2O2/c1-21(22(23,24)25)15-19(17-11-7-12-18(14-17)29-2)26-27(21)20(28)13-6-10-16-8-4-3-5-9-16/h3-5,7-9,11-12,14H,6,10,13,15H2,1-2H3. The number of carbonyl (C=O) groups excluding carboxylic acids is 1. The fraction of sp³-hybridized carbons (Fsp3) is 0.364. The molecular weight excluding hydrogens is 381 g/mol. The first-order valence-corrected chi connectivity index (χ1v) is 9.40. The molecule has 1 aliphatic heterocycles. The van der Waals surface area contributed by atoms with Crippen LogP contribution in [0.25, 0.3) is 0 Å². The van der Waals surface area contributed by atoms with Crippen LogP contribution in [0.4, 0.5) is 13.2 Å². The van der Waals surface area contributed by atoms with Crippen molar-refractivity contribution < 1.29 is 22.7 Å². The Bertz CT molecular complexity index is 896. The molecule has 1 heterocycles. The maximum atomic E-state index is 13.9. The fourth-order valence-electron chi connectivity index (χ4n) is 3.38. The predicted molar refractivity (Wildman–Crippen MR) is 105 cm³/mol. The Kier molecular flexibility index (Phi) is 5.96. The topological polar surface area (TPSA) is 41.9 Å². The molecule has 29 heavy (non-hydrogen) atoms. The predicted octanol–water partition coefficient (Wildman–Crippen LogP) is 4.98. The quantitative estimate of drug-likeness (QED) is 0.682. The molecule has 7 heteroatoms. The van der Waals surface area contributed by atoms with E-state index in [1.54, 1.807) is 24.3 Å². The lowest BCUT2D eigenvalue weighted by Gasteiger charge is -2.34. The minimum atomic E-state index is -4.60. The third-order valence-electron chi connectivity index (χ3n) is 5.15. The van der Waals surface area contributed by atoms with Gasteiger partial charge in [-0.3, -0.25) is 4.79 Å². The number of rotatable bonds is 6. The molecule has 0 N–H and O–H groups in total. The summed E-state index contributed by atoms with van der Waals surface area (Å²) in [6.45, 7) is 1.03. The number of hydrogen-bond acceptors (Lipinski definition) is 3. The van der Waals surface area contributed by atoms with Crippen LogP contribution in [0.1, 0.15) is 37.3 Å². The summed E-state index contributed by atoms with van der Waals surface area (Å²) in [6, 6.07) is 16.2. The lowest BCUT2D eigenvalue weighted by molar-refractivity contribution is -0.220. The zero-order chi connectivity index (χ0) is 21.1. The summed E-state index contributed by atoms with van der Waals surface area (Å²) < 4.78 is 46.8. The number of nitrogens with zero attached hydrogens (tertiary/aromatic N) is 2. The van der Waals surface area contributed by atoms with Crippen LogP contribution >= 0.6 is 0 Å². The number of carbonyl (C=O) groups is 1. The van der Waals surface area contributed by atoms with Gasteiger partial charge in [-0.15, -0.1) is 0 Å². The summed E-state index contributed by atoms with van der Waals surface area (Å²) in [6.07, 6.45) is -3.93. The molecule has 1 unspecified atom stereocenters. The second-order valence-electron chi connectivity index (χ2n) is 7.27. The van der Waals surface area contributed by atoms with E-state index >= 15 is 0 Å². The van der Waals surface area contributed by atoms with Gasteiger partial charge in [0, 0.05) is 18.4 Å². The molecule has 0 saturated heterocycles. The molecule has 0 spiro atoms. The highest BCUT2D eigenvalue weighted by molar-refractivity contribution is 6.04. The van der Waals surface area contributed by atoms with E-state index < -0.39 is 24.0 Å². The molecule has 2 aromatic rings. The Morgan fingerprint density at radius 1 is 1.17 bits per heavy atom. The third-order valence-corrected chi connectivity index (χ3v) is 5.15. The maximum Gasteiger partial charge on any atom is 0.413 e. The summed E-state index contributed by atoms with van der Waals surface area (Å²) in [4.78, 5) is 12.7. The monoisotopic (exact) mass is 404 g/mol. The van der Waals surface area contributed by atoms with Gasteiger partial charge in [-0.1, -0.05) is 42.5 Å². The summed E-state index contributed by atoms with van der Waals surface area (Å²) in [5.74, 6) is -0.106. The SMILES string of the molecule is COc1cccc(C2=NN(C(=O)CCCc3ccccc3)C(C)(C(F)(F)F)C2)c1. The Hall–Kier alpha value is -2.83. The number of hydrazone groups is 1. The summed E-state index contributed by atoms with van der Waals surface area (Å²) >= 11 is 0. The van der Waals surface area contributed by atoms with Gasteiger partial charge >= 0.3 is 6.18 Å². The molecule has 0 fully saturated rings. The van der Waals surface area contributed by atoms with Gasteiger partial charge in [-0.25, -0.2) is 5.01 Å². The van der Waals surface area contributed by atoms with Crippen molar-refractivity contribution in [1.29, 1.82) is 0 Å². The second kappa shape index (κ2) is 8.27. The molecule has 4 nitrogen and oxygen atoms in total. The molecule has 1 atom stereocenters. The Balaban J connectivity index is 1.80. The second-order valence-corrected chi connectivity index (χ2v) is 7.27. The average Bonchev–Trinajstić information content (AvgIpc) is 3.08. The summed E-state index contributed by atoms with van der Waals surface area (Å²) in [5, 5.41) is 4.74. The number of methoxy groups -OCH3 is 1. The number of ether oxygens (including phenoxy) is 1. The van der Waals surface area contributed by atoms with Crippen molar-refractivity contribution in [2.24, 2.45) is 5.10 Å². The molecule has 0 saturated carbocycles. The van der Waals surface area contributed by atoms with Crippen LogP contribution in [0.2, 0.25) is 0 Å². The van der Waals surface area contributed by atoms with E-state index in [4.69, 9.17) is 4.74 Å². The van der Waals surface area contributed by atoms with Crippen LogP contribution < -0.4 is 4.74 Å². The van der Waals surface area contributed by atoms with Gasteiger partial charge in [-0.05, 0) is 37.5 Å². The van der Waals surface area contributed by atoms with Crippen LogP contribution in [0.3, 0.4) is 0 Å². The van der Waals surface area contributed by atoms with Crippen molar-refractivity contribution in [3.05, 3.63) is 65.7 Å². The minimum absolute atomic E-state index is 0.00451. The van der Waals surface area contributed by atoms with Gasteiger partial charge in [0.05, 0.1) is 12.8 Å². The molecule has 0 bridgehead atoms. The maximum absolute atomic E-state index is 13.9. The van der Waals surface area contributed by atoms with Crippen molar-refractivity contribution in [3.63, 3.8) is 0 Å². The molecule has 1 amide bonds. The fourth-order valence-corrected chi connectivity index (χ4v) is 3.38. The van der Waals surface area contributed by atoms with E-state index in [1.807, 2.05) is 30.3 Å². The van der Waals surface area contributed by atoms with Crippen molar-refractivity contribution in [2.75, 3.05) is 7.11 Å².